The van der Waals surface area contributed by atoms with E-state index in [1.165, 1.54) is 6.92 Å². The van der Waals surface area contributed by atoms with Crippen molar-refractivity contribution in [3.05, 3.63) is 35.9 Å². The molecule has 5 nitrogen and oxygen atoms in total. The van der Waals surface area contributed by atoms with E-state index < -0.39 is 17.5 Å². The van der Waals surface area contributed by atoms with E-state index >= 15 is 0 Å². The highest BCUT2D eigenvalue weighted by atomic mass is 16.6. The molecular formula is C12H14O5. The van der Waals surface area contributed by atoms with Crippen molar-refractivity contribution in [2.75, 3.05) is 0 Å². The Bertz CT molecular complexity index is 385. The zero-order valence-electron chi connectivity index (χ0n) is 9.42. The lowest BCUT2D eigenvalue weighted by atomic mass is 10.0. The molecule has 0 unspecified atom stereocenters. The Balaban J connectivity index is 2.82. The van der Waals surface area contributed by atoms with Crippen LogP contribution in [0.4, 0.5) is 0 Å². The minimum absolute atomic E-state index is 0.0483. The van der Waals surface area contributed by atoms with Crippen LogP contribution in [0.5, 0.6) is 0 Å². The molecule has 5 heteroatoms. The summed E-state index contributed by atoms with van der Waals surface area (Å²) >= 11 is 0. The van der Waals surface area contributed by atoms with Crippen molar-refractivity contribution in [2.24, 2.45) is 0 Å². The Hall–Kier alpha value is -1.88. The van der Waals surface area contributed by atoms with Gasteiger partial charge in [-0.3, -0.25) is 0 Å². The molecule has 1 aromatic rings. The van der Waals surface area contributed by atoms with Gasteiger partial charge in [0, 0.05) is 0 Å². The number of hydrogen-bond donors (Lipinski definition) is 2. The first kappa shape index (κ1) is 13.2. The maximum atomic E-state index is 11.0. The molecule has 0 fully saturated rings. The number of aliphatic carboxylic acids is 2. The lowest BCUT2D eigenvalue weighted by molar-refractivity contribution is -0.185. The predicted octanol–water partition coefficient (Wildman–Crippen LogP) is 1.52. The smallest absolute Gasteiger partial charge is 0.347 e. The fourth-order valence-electron chi connectivity index (χ4n) is 1.40. The fraction of sp³-hybridized carbons (Fsp3) is 0.333. The zero-order valence-corrected chi connectivity index (χ0v) is 9.42. The molecule has 0 bridgehead atoms. The van der Waals surface area contributed by atoms with E-state index in [0.717, 1.165) is 5.56 Å². The summed E-state index contributed by atoms with van der Waals surface area (Å²) in [5.74, 6) is -2.97. The van der Waals surface area contributed by atoms with E-state index in [2.05, 4.69) is 0 Å². The van der Waals surface area contributed by atoms with Gasteiger partial charge < -0.3 is 14.9 Å². The van der Waals surface area contributed by atoms with Crippen LogP contribution in [-0.2, 0) is 20.9 Å². The van der Waals surface area contributed by atoms with Gasteiger partial charge >= 0.3 is 11.9 Å². The fourth-order valence-corrected chi connectivity index (χ4v) is 1.40. The van der Waals surface area contributed by atoms with Crippen LogP contribution in [0.3, 0.4) is 0 Å². The van der Waals surface area contributed by atoms with Gasteiger partial charge in [0.25, 0.3) is 5.60 Å². The first-order valence-electron chi connectivity index (χ1n) is 5.17. The van der Waals surface area contributed by atoms with Crippen molar-refractivity contribution in [2.45, 2.75) is 25.6 Å². The van der Waals surface area contributed by atoms with Crippen LogP contribution in [0.25, 0.3) is 0 Å². The summed E-state index contributed by atoms with van der Waals surface area (Å²) in [7, 11) is 0. The van der Waals surface area contributed by atoms with Gasteiger partial charge in [-0.1, -0.05) is 37.3 Å². The SMILES string of the molecule is CCC(OCc1ccccc1)(C(=O)O)C(=O)O. The van der Waals surface area contributed by atoms with Gasteiger partial charge in [0.15, 0.2) is 0 Å². The van der Waals surface area contributed by atoms with Crippen LogP contribution in [0.2, 0.25) is 0 Å². The van der Waals surface area contributed by atoms with Crippen LogP contribution in [0.1, 0.15) is 18.9 Å². The molecule has 0 aliphatic rings. The first-order valence-corrected chi connectivity index (χ1v) is 5.17. The summed E-state index contributed by atoms with van der Waals surface area (Å²) in [6.45, 7) is 1.42. The van der Waals surface area contributed by atoms with Gasteiger partial charge in [0.2, 0.25) is 0 Å². The summed E-state index contributed by atoms with van der Waals surface area (Å²) in [5, 5.41) is 17.9. The van der Waals surface area contributed by atoms with Crippen molar-refractivity contribution in [1.82, 2.24) is 0 Å². The molecule has 0 spiro atoms. The van der Waals surface area contributed by atoms with E-state index in [1.807, 2.05) is 6.07 Å². The molecule has 1 aromatic carbocycles. The van der Waals surface area contributed by atoms with Gasteiger partial charge in [0.05, 0.1) is 6.61 Å². The van der Waals surface area contributed by atoms with Crippen molar-refractivity contribution in [3.63, 3.8) is 0 Å². The topological polar surface area (TPSA) is 83.8 Å². The van der Waals surface area contributed by atoms with Gasteiger partial charge in [-0.15, -0.1) is 0 Å². The van der Waals surface area contributed by atoms with Crippen LogP contribution in [0, 0.1) is 0 Å². The van der Waals surface area contributed by atoms with Crippen molar-refractivity contribution < 1.29 is 24.5 Å². The highest BCUT2D eigenvalue weighted by molar-refractivity contribution is 6.01. The second-order valence-electron chi connectivity index (χ2n) is 3.57. The largest absolute Gasteiger partial charge is 0.479 e. The van der Waals surface area contributed by atoms with Crippen LogP contribution in [0.15, 0.2) is 30.3 Å². The minimum Gasteiger partial charge on any atom is -0.479 e. The Morgan fingerprint density at radius 3 is 2.12 bits per heavy atom. The molecule has 2 N–H and O–H groups in total. The van der Waals surface area contributed by atoms with Crippen molar-refractivity contribution >= 4 is 11.9 Å². The number of carbonyl (C=O) groups is 2. The third kappa shape index (κ3) is 2.82. The molecule has 92 valence electrons. The molecule has 0 saturated carbocycles. The second kappa shape index (κ2) is 5.45. The van der Waals surface area contributed by atoms with Crippen LogP contribution >= 0.6 is 0 Å². The molecule has 0 aliphatic carbocycles. The van der Waals surface area contributed by atoms with Crippen molar-refractivity contribution in [1.29, 1.82) is 0 Å². The quantitative estimate of drug-likeness (QED) is 0.734. The monoisotopic (exact) mass is 238 g/mol. The van der Waals surface area contributed by atoms with Crippen LogP contribution in [-0.4, -0.2) is 27.8 Å². The molecule has 0 aromatic heterocycles. The number of ether oxygens (including phenoxy) is 1. The highest BCUT2D eigenvalue weighted by Gasteiger charge is 2.46. The normalized spacial score (nSPS) is 11.1. The lowest BCUT2D eigenvalue weighted by Crippen LogP contribution is -2.48. The molecule has 0 aliphatic heterocycles. The first-order chi connectivity index (χ1) is 8.03. The molecule has 0 amide bonds. The van der Waals surface area contributed by atoms with Gasteiger partial charge in [-0.2, -0.15) is 0 Å². The highest BCUT2D eigenvalue weighted by Crippen LogP contribution is 2.19. The molecule has 0 heterocycles. The third-order valence-electron chi connectivity index (χ3n) is 2.52. The molecule has 0 saturated heterocycles. The van der Waals surface area contributed by atoms with Crippen molar-refractivity contribution in [3.8, 4) is 0 Å². The zero-order chi connectivity index (χ0) is 12.9. The van der Waals surface area contributed by atoms with E-state index in [0.29, 0.717) is 0 Å². The summed E-state index contributed by atoms with van der Waals surface area (Å²) in [4.78, 5) is 22.0. The van der Waals surface area contributed by atoms with Gasteiger partial charge in [-0.25, -0.2) is 9.59 Å². The average Bonchev–Trinajstić information content (AvgIpc) is 2.31. The van der Waals surface area contributed by atoms with Gasteiger partial charge in [-0.05, 0) is 12.0 Å². The molecular weight excluding hydrogens is 224 g/mol. The molecule has 1 rings (SSSR count). The Morgan fingerprint density at radius 2 is 1.71 bits per heavy atom. The van der Waals surface area contributed by atoms with E-state index in [4.69, 9.17) is 14.9 Å². The Labute approximate surface area is 98.6 Å². The van der Waals surface area contributed by atoms with E-state index in [9.17, 15) is 9.59 Å². The molecule has 0 atom stereocenters. The predicted molar refractivity (Wildman–Crippen MR) is 59.5 cm³/mol. The number of benzene rings is 1. The maximum absolute atomic E-state index is 11.0. The Morgan fingerprint density at radius 1 is 1.18 bits per heavy atom. The van der Waals surface area contributed by atoms with E-state index in [-0.39, 0.29) is 13.0 Å². The number of rotatable bonds is 6. The average molecular weight is 238 g/mol. The molecule has 17 heavy (non-hydrogen) atoms. The number of hydrogen-bond acceptors (Lipinski definition) is 3. The van der Waals surface area contributed by atoms with Crippen LogP contribution < -0.4 is 0 Å². The summed E-state index contributed by atoms with van der Waals surface area (Å²) in [6, 6.07) is 8.83. The number of carboxylic acids is 2. The summed E-state index contributed by atoms with van der Waals surface area (Å²) < 4.78 is 5.09. The standard InChI is InChI=1S/C12H14O5/c1-2-12(10(13)14,11(15)16)17-8-9-6-4-3-5-7-9/h3-7H,2,8H2,1H3,(H,13,14)(H,15,16). The van der Waals surface area contributed by atoms with Gasteiger partial charge in [0.1, 0.15) is 0 Å². The lowest BCUT2D eigenvalue weighted by Gasteiger charge is -2.23. The second-order valence-corrected chi connectivity index (χ2v) is 3.57. The molecule has 0 radical (unpaired) electrons. The summed E-state index contributed by atoms with van der Waals surface area (Å²) in [6.07, 6.45) is -0.134. The Kier molecular flexibility index (Phi) is 4.23. The van der Waals surface area contributed by atoms with E-state index in [1.54, 1.807) is 24.3 Å². The number of carboxylic acid groups (broad SMARTS) is 2. The minimum atomic E-state index is -2.17. The maximum Gasteiger partial charge on any atom is 0.347 e. The third-order valence-corrected chi connectivity index (χ3v) is 2.52. The summed E-state index contributed by atoms with van der Waals surface area (Å²) in [5.41, 5.74) is -1.44.